The molecular weight excluding hydrogens is 221 g/mol. The van der Waals surface area contributed by atoms with Gasteiger partial charge in [0.25, 0.3) is 0 Å². The highest BCUT2D eigenvalue weighted by atomic mass is 19.4. The molecule has 2 N–H and O–H groups in total. The normalized spacial score (nSPS) is 15.8. The fraction of sp³-hybridized carbons (Fsp3) is 0.500. The zero-order valence-corrected chi connectivity index (χ0v) is 8.74. The van der Waals surface area contributed by atoms with E-state index in [0.29, 0.717) is 5.56 Å². The first-order valence-corrected chi connectivity index (χ1v) is 4.74. The molecule has 0 aliphatic carbocycles. The lowest BCUT2D eigenvalue weighted by Crippen LogP contribution is -2.30. The van der Waals surface area contributed by atoms with Gasteiger partial charge >= 0.3 is 6.18 Å². The van der Waals surface area contributed by atoms with Crippen LogP contribution in [0.5, 0.6) is 0 Å². The van der Waals surface area contributed by atoms with Crippen LogP contribution in [0.4, 0.5) is 13.2 Å². The summed E-state index contributed by atoms with van der Waals surface area (Å²) in [6, 6.07) is 2.65. The van der Waals surface area contributed by atoms with Crippen LogP contribution >= 0.6 is 0 Å². The Balaban J connectivity index is 2.70. The maximum Gasteiger partial charge on any atom is 0.411 e. The highest BCUT2D eigenvalue weighted by molar-refractivity contribution is 5.14. The molecule has 0 bridgehead atoms. The van der Waals surface area contributed by atoms with Crippen LogP contribution in [0.2, 0.25) is 0 Å². The number of hydrogen-bond acceptors (Lipinski definition) is 3. The van der Waals surface area contributed by atoms with Crippen molar-refractivity contribution in [1.82, 2.24) is 4.98 Å². The third kappa shape index (κ3) is 4.16. The van der Waals surface area contributed by atoms with Crippen molar-refractivity contribution in [2.24, 2.45) is 5.73 Å². The SMILES string of the molecule is CC(N)C(OCC(F)(F)F)c1ccncc1. The van der Waals surface area contributed by atoms with Gasteiger partial charge in [0.05, 0.1) is 6.10 Å². The molecule has 0 radical (unpaired) electrons. The number of ether oxygens (including phenoxy) is 1. The minimum atomic E-state index is -4.35. The molecule has 0 spiro atoms. The van der Waals surface area contributed by atoms with Gasteiger partial charge in [0.15, 0.2) is 0 Å². The van der Waals surface area contributed by atoms with Crippen LogP contribution in [0.3, 0.4) is 0 Å². The van der Waals surface area contributed by atoms with E-state index in [1.807, 2.05) is 0 Å². The van der Waals surface area contributed by atoms with Gasteiger partial charge in [0, 0.05) is 18.4 Å². The molecule has 1 aromatic heterocycles. The number of pyridine rings is 1. The molecule has 0 aliphatic rings. The Labute approximate surface area is 91.4 Å². The van der Waals surface area contributed by atoms with Crippen LogP contribution in [0, 0.1) is 0 Å². The standard InChI is InChI=1S/C10H13F3N2O/c1-7(14)9(16-6-10(11,12)13)8-2-4-15-5-3-8/h2-5,7,9H,6,14H2,1H3. The van der Waals surface area contributed by atoms with Crippen molar-refractivity contribution in [3.05, 3.63) is 30.1 Å². The number of nitrogens with two attached hydrogens (primary N) is 1. The number of aromatic nitrogens is 1. The average Bonchev–Trinajstić information content (AvgIpc) is 2.17. The molecular formula is C10H13F3N2O. The zero-order chi connectivity index (χ0) is 12.2. The largest absolute Gasteiger partial charge is 0.411 e. The average molecular weight is 234 g/mol. The maximum atomic E-state index is 12.0. The quantitative estimate of drug-likeness (QED) is 0.867. The zero-order valence-electron chi connectivity index (χ0n) is 8.74. The fourth-order valence-electron chi connectivity index (χ4n) is 1.29. The Morgan fingerprint density at radius 2 is 1.94 bits per heavy atom. The maximum absolute atomic E-state index is 12.0. The van der Waals surface area contributed by atoms with Crippen molar-refractivity contribution >= 4 is 0 Å². The van der Waals surface area contributed by atoms with Crippen molar-refractivity contribution in [3.8, 4) is 0 Å². The van der Waals surface area contributed by atoms with Crippen molar-refractivity contribution in [2.45, 2.75) is 25.2 Å². The second kappa shape index (κ2) is 5.27. The van der Waals surface area contributed by atoms with E-state index in [9.17, 15) is 13.2 Å². The first kappa shape index (κ1) is 12.9. The van der Waals surface area contributed by atoms with Crippen LogP contribution in [0.1, 0.15) is 18.6 Å². The minimum Gasteiger partial charge on any atom is -0.362 e. The van der Waals surface area contributed by atoms with Gasteiger partial charge in [-0.2, -0.15) is 13.2 Å². The molecule has 1 aromatic rings. The van der Waals surface area contributed by atoms with E-state index in [-0.39, 0.29) is 0 Å². The smallest absolute Gasteiger partial charge is 0.362 e. The van der Waals surface area contributed by atoms with Crippen LogP contribution in [-0.4, -0.2) is 23.8 Å². The molecule has 90 valence electrons. The second-order valence-electron chi connectivity index (χ2n) is 3.49. The fourth-order valence-corrected chi connectivity index (χ4v) is 1.29. The van der Waals surface area contributed by atoms with Crippen molar-refractivity contribution < 1.29 is 17.9 Å². The molecule has 16 heavy (non-hydrogen) atoms. The topological polar surface area (TPSA) is 48.1 Å². The molecule has 6 heteroatoms. The summed E-state index contributed by atoms with van der Waals surface area (Å²) in [4.78, 5) is 3.78. The van der Waals surface area contributed by atoms with Crippen LogP contribution in [-0.2, 0) is 4.74 Å². The highest BCUT2D eigenvalue weighted by Crippen LogP contribution is 2.23. The molecule has 0 amide bonds. The van der Waals surface area contributed by atoms with E-state index in [2.05, 4.69) is 4.98 Å². The second-order valence-corrected chi connectivity index (χ2v) is 3.49. The summed E-state index contributed by atoms with van der Waals surface area (Å²) < 4.78 is 40.8. The summed E-state index contributed by atoms with van der Waals surface area (Å²) in [6.07, 6.45) is -2.15. The lowest BCUT2D eigenvalue weighted by Gasteiger charge is -2.22. The minimum absolute atomic E-state index is 0.523. The Kier molecular flexibility index (Phi) is 4.26. The monoisotopic (exact) mass is 234 g/mol. The van der Waals surface area contributed by atoms with E-state index in [0.717, 1.165) is 0 Å². The highest BCUT2D eigenvalue weighted by Gasteiger charge is 2.30. The van der Waals surface area contributed by atoms with E-state index >= 15 is 0 Å². The van der Waals surface area contributed by atoms with E-state index < -0.39 is 24.9 Å². The van der Waals surface area contributed by atoms with Gasteiger partial charge in [-0.25, -0.2) is 0 Å². The summed E-state index contributed by atoms with van der Waals surface area (Å²) in [6.45, 7) is 0.295. The molecule has 0 saturated heterocycles. The van der Waals surface area contributed by atoms with E-state index in [4.69, 9.17) is 10.5 Å². The number of hydrogen-bond donors (Lipinski definition) is 1. The van der Waals surface area contributed by atoms with Crippen LogP contribution < -0.4 is 5.73 Å². The van der Waals surface area contributed by atoms with Crippen LogP contribution in [0.15, 0.2) is 24.5 Å². The molecule has 2 atom stereocenters. The Morgan fingerprint density at radius 3 is 2.38 bits per heavy atom. The van der Waals surface area contributed by atoms with Crippen molar-refractivity contribution in [3.63, 3.8) is 0 Å². The molecule has 0 aromatic carbocycles. The van der Waals surface area contributed by atoms with Crippen molar-refractivity contribution in [1.29, 1.82) is 0 Å². The first-order valence-electron chi connectivity index (χ1n) is 4.74. The predicted molar refractivity (Wildman–Crippen MR) is 52.6 cm³/mol. The summed E-state index contributed by atoms with van der Waals surface area (Å²) in [5.74, 6) is 0. The predicted octanol–water partition coefficient (Wildman–Crippen LogP) is 2.05. The van der Waals surface area contributed by atoms with Gasteiger partial charge in [-0.05, 0) is 24.6 Å². The van der Waals surface area contributed by atoms with Crippen LogP contribution in [0.25, 0.3) is 0 Å². The number of nitrogens with zero attached hydrogens (tertiary/aromatic N) is 1. The molecule has 0 saturated carbocycles. The number of rotatable bonds is 4. The lowest BCUT2D eigenvalue weighted by atomic mass is 10.1. The molecule has 0 aliphatic heterocycles. The molecule has 3 nitrogen and oxygen atoms in total. The number of halogens is 3. The molecule has 2 unspecified atom stereocenters. The summed E-state index contributed by atoms with van der Waals surface area (Å²) in [7, 11) is 0. The first-order chi connectivity index (χ1) is 7.40. The van der Waals surface area contributed by atoms with E-state index in [1.54, 1.807) is 19.1 Å². The Bertz CT molecular complexity index is 314. The Hall–Kier alpha value is -1.14. The summed E-state index contributed by atoms with van der Waals surface area (Å²) >= 11 is 0. The number of alkyl halides is 3. The third-order valence-corrected chi connectivity index (χ3v) is 1.94. The van der Waals surface area contributed by atoms with E-state index in [1.165, 1.54) is 12.4 Å². The summed E-state index contributed by atoms with van der Waals surface area (Å²) in [5, 5.41) is 0. The van der Waals surface area contributed by atoms with Gasteiger partial charge < -0.3 is 10.5 Å². The van der Waals surface area contributed by atoms with Gasteiger partial charge in [-0.1, -0.05) is 0 Å². The molecule has 1 heterocycles. The molecule has 1 rings (SSSR count). The van der Waals surface area contributed by atoms with Gasteiger partial charge in [-0.3, -0.25) is 4.98 Å². The molecule has 0 fully saturated rings. The van der Waals surface area contributed by atoms with Gasteiger partial charge in [0.2, 0.25) is 0 Å². The van der Waals surface area contributed by atoms with Gasteiger partial charge in [-0.15, -0.1) is 0 Å². The summed E-state index contributed by atoms with van der Waals surface area (Å²) in [5.41, 5.74) is 6.18. The Morgan fingerprint density at radius 1 is 1.38 bits per heavy atom. The third-order valence-electron chi connectivity index (χ3n) is 1.94. The lowest BCUT2D eigenvalue weighted by molar-refractivity contribution is -0.187. The van der Waals surface area contributed by atoms with Gasteiger partial charge in [0.1, 0.15) is 6.61 Å². The van der Waals surface area contributed by atoms with Crippen molar-refractivity contribution in [2.75, 3.05) is 6.61 Å².